The fourth-order valence-corrected chi connectivity index (χ4v) is 2.27. The second-order valence-corrected chi connectivity index (χ2v) is 5.54. The largest absolute Gasteiger partial charge is 0.288 e. The predicted octanol–water partition coefficient (Wildman–Crippen LogP) is 3.65. The number of unbranched alkanes of at least 4 members (excludes halogenated alkanes) is 4. The van der Waals surface area contributed by atoms with Gasteiger partial charge in [0.15, 0.2) is 0 Å². The number of amides is 2. The summed E-state index contributed by atoms with van der Waals surface area (Å²) in [5.41, 5.74) is 2.25. The molecule has 0 radical (unpaired) electrons. The van der Waals surface area contributed by atoms with Crippen molar-refractivity contribution in [2.24, 2.45) is 0 Å². The lowest BCUT2D eigenvalue weighted by Crippen LogP contribution is -2.19. The molecule has 118 valence electrons. The van der Waals surface area contributed by atoms with Crippen LogP contribution in [0.5, 0.6) is 0 Å². The van der Waals surface area contributed by atoms with Crippen molar-refractivity contribution in [1.29, 1.82) is 0 Å². The normalized spacial score (nSPS) is 11.9. The van der Waals surface area contributed by atoms with Crippen molar-refractivity contribution in [1.82, 2.24) is 5.32 Å². The van der Waals surface area contributed by atoms with Crippen LogP contribution in [0.3, 0.4) is 0 Å². The topological polar surface area (TPSA) is 46.2 Å². The molecule has 2 rings (SSSR count). The molecule has 0 spiro atoms. The molecule has 1 aromatic rings. The van der Waals surface area contributed by atoms with Crippen LogP contribution in [0.15, 0.2) is 12.1 Å². The first-order valence-corrected chi connectivity index (χ1v) is 8.18. The van der Waals surface area contributed by atoms with Crippen molar-refractivity contribution in [2.75, 3.05) is 0 Å². The second-order valence-electron chi connectivity index (χ2n) is 5.54. The highest BCUT2D eigenvalue weighted by Crippen LogP contribution is 2.20. The van der Waals surface area contributed by atoms with E-state index in [0.717, 1.165) is 49.7 Å². The van der Waals surface area contributed by atoms with Gasteiger partial charge in [0, 0.05) is 24.0 Å². The summed E-state index contributed by atoms with van der Waals surface area (Å²) in [6.07, 6.45) is 5.94. The molecule has 0 bridgehead atoms. The van der Waals surface area contributed by atoms with Gasteiger partial charge in [0.2, 0.25) is 0 Å². The van der Waals surface area contributed by atoms with E-state index >= 15 is 0 Å². The second kappa shape index (κ2) is 8.20. The summed E-state index contributed by atoms with van der Waals surface area (Å²) in [7, 11) is 0. The van der Waals surface area contributed by atoms with Gasteiger partial charge in [-0.05, 0) is 25.0 Å². The average molecular weight is 307 g/mol. The van der Waals surface area contributed by atoms with E-state index in [1.54, 1.807) is 12.1 Å². The molecule has 1 aromatic carbocycles. The minimum Gasteiger partial charge on any atom is -0.288 e. The van der Waals surface area contributed by atoms with Crippen molar-refractivity contribution < 1.29 is 9.59 Å². The van der Waals surface area contributed by atoms with E-state index in [1.165, 1.54) is 0 Å². The SMILES string of the molecule is CCCCC#Cc1cc2c(cc1C#CCCCC)C(=O)NC2=O. The van der Waals surface area contributed by atoms with E-state index < -0.39 is 0 Å². The van der Waals surface area contributed by atoms with E-state index in [4.69, 9.17) is 0 Å². The summed E-state index contributed by atoms with van der Waals surface area (Å²) in [6, 6.07) is 3.39. The number of imide groups is 1. The Morgan fingerprint density at radius 2 is 1.26 bits per heavy atom. The zero-order valence-corrected chi connectivity index (χ0v) is 13.7. The summed E-state index contributed by atoms with van der Waals surface area (Å²) in [6.45, 7) is 4.25. The fourth-order valence-electron chi connectivity index (χ4n) is 2.27. The Kier molecular flexibility index (Phi) is 6.01. The summed E-state index contributed by atoms with van der Waals surface area (Å²) in [5, 5.41) is 2.32. The van der Waals surface area contributed by atoms with Crippen molar-refractivity contribution in [3.8, 4) is 23.7 Å². The van der Waals surface area contributed by atoms with Crippen molar-refractivity contribution >= 4 is 11.8 Å². The van der Waals surface area contributed by atoms with E-state index in [0.29, 0.717) is 11.1 Å². The maximum atomic E-state index is 11.8. The molecule has 0 atom stereocenters. The first-order chi connectivity index (χ1) is 11.2. The lowest BCUT2D eigenvalue weighted by Gasteiger charge is -2.01. The maximum Gasteiger partial charge on any atom is 0.258 e. The molecule has 0 fully saturated rings. The number of carbonyl (C=O) groups excluding carboxylic acids is 2. The molecule has 0 unspecified atom stereocenters. The zero-order valence-electron chi connectivity index (χ0n) is 13.7. The molecular weight excluding hydrogens is 286 g/mol. The maximum absolute atomic E-state index is 11.8. The van der Waals surface area contributed by atoms with Crippen molar-refractivity contribution in [3.05, 3.63) is 34.4 Å². The van der Waals surface area contributed by atoms with Gasteiger partial charge in [-0.15, -0.1) is 0 Å². The molecule has 0 aliphatic carbocycles. The fraction of sp³-hybridized carbons (Fsp3) is 0.400. The Morgan fingerprint density at radius 1 is 0.826 bits per heavy atom. The summed E-state index contributed by atoms with van der Waals surface area (Å²) >= 11 is 0. The van der Waals surface area contributed by atoms with Crippen LogP contribution in [0.1, 0.15) is 84.2 Å². The molecule has 1 heterocycles. The number of hydrogen-bond donors (Lipinski definition) is 1. The van der Waals surface area contributed by atoms with Gasteiger partial charge in [0.1, 0.15) is 0 Å². The molecule has 0 saturated heterocycles. The van der Waals surface area contributed by atoms with Gasteiger partial charge < -0.3 is 0 Å². The van der Waals surface area contributed by atoms with Crippen LogP contribution >= 0.6 is 0 Å². The summed E-state index contributed by atoms with van der Waals surface area (Å²) in [5.74, 6) is 11.8. The number of benzene rings is 1. The molecule has 3 nitrogen and oxygen atoms in total. The molecule has 1 aliphatic rings. The van der Waals surface area contributed by atoms with E-state index in [9.17, 15) is 9.59 Å². The third-order valence-corrected chi connectivity index (χ3v) is 3.63. The van der Waals surface area contributed by atoms with Gasteiger partial charge in [0.05, 0.1) is 11.1 Å². The molecule has 0 saturated carbocycles. The number of fused-ring (bicyclic) bond motifs is 1. The van der Waals surface area contributed by atoms with Crippen LogP contribution in [-0.2, 0) is 0 Å². The smallest absolute Gasteiger partial charge is 0.258 e. The number of nitrogens with one attached hydrogen (secondary N) is 1. The molecule has 2 amide bonds. The van der Waals surface area contributed by atoms with Crippen LogP contribution in [-0.4, -0.2) is 11.8 Å². The molecular formula is C20H21NO2. The van der Waals surface area contributed by atoms with Crippen LogP contribution in [0.4, 0.5) is 0 Å². The van der Waals surface area contributed by atoms with Crippen LogP contribution in [0.2, 0.25) is 0 Å². The summed E-state index contributed by atoms with van der Waals surface area (Å²) < 4.78 is 0. The monoisotopic (exact) mass is 307 g/mol. The van der Waals surface area contributed by atoms with Crippen LogP contribution < -0.4 is 5.32 Å². The Balaban J connectivity index is 2.37. The van der Waals surface area contributed by atoms with Crippen LogP contribution in [0.25, 0.3) is 0 Å². The van der Waals surface area contributed by atoms with E-state index in [-0.39, 0.29) is 11.8 Å². The van der Waals surface area contributed by atoms with Gasteiger partial charge in [0.25, 0.3) is 11.8 Å². The van der Waals surface area contributed by atoms with Crippen molar-refractivity contribution in [2.45, 2.75) is 52.4 Å². The van der Waals surface area contributed by atoms with Crippen molar-refractivity contribution in [3.63, 3.8) is 0 Å². The number of hydrogen-bond acceptors (Lipinski definition) is 2. The Labute approximate surface area is 137 Å². The Bertz CT molecular complexity index is 676. The van der Waals surface area contributed by atoms with Crippen LogP contribution in [0, 0.1) is 23.7 Å². The summed E-state index contributed by atoms with van der Waals surface area (Å²) in [4.78, 5) is 23.6. The number of carbonyl (C=O) groups is 2. The highest BCUT2D eigenvalue weighted by molar-refractivity contribution is 6.21. The van der Waals surface area contributed by atoms with E-state index in [2.05, 4.69) is 42.8 Å². The van der Waals surface area contributed by atoms with Gasteiger partial charge in [-0.3, -0.25) is 14.9 Å². The molecule has 0 aromatic heterocycles. The minimum absolute atomic E-state index is 0.355. The molecule has 3 heteroatoms. The third-order valence-electron chi connectivity index (χ3n) is 3.63. The quantitative estimate of drug-likeness (QED) is 0.524. The third kappa shape index (κ3) is 4.24. The minimum atomic E-state index is -0.355. The first kappa shape index (κ1) is 16.8. The Hall–Kier alpha value is -2.52. The molecule has 1 aliphatic heterocycles. The highest BCUT2D eigenvalue weighted by Gasteiger charge is 2.27. The Morgan fingerprint density at radius 3 is 1.65 bits per heavy atom. The van der Waals surface area contributed by atoms with Gasteiger partial charge in [-0.2, -0.15) is 0 Å². The van der Waals surface area contributed by atoms with Gasteiger partial charge in [-0.25, -0.2) is 0 Å². The lowest BCUT2D eigenvalue weighted by atomic mass is 9.99. The lowest BCUT2D eigenvalue weighted by molar-refractivity contribution is 0.0879. The number of rotatable bonds is 4. The van der Waals surface area contributed by atoms with E-state index in [1.807, 2.05) is 0 Å². The van der Waals surface area contributed by atoms with Gasteiger partial charge >= 0.3 is 0 Å². The first-order valence-electron chi connectivity index (χ1n) is 8.18. The standard InChI is InChI=1S/C20H21NO2/c1-3-5-7-9-11-15-13-17-18(20(23)21-19(17)22)14-16(15)12-10-8-6-4-2/h13-14H,3-8H2,1-2H3,(H,21,22,23). The highest BCUT2D eigenvalue weighted by atomic mass is 16.2. The average Bonchev–Trinajstić information content (AvgIpc) is 2.82. The van der Waals surface area contributed by atoms with Gasteiger partial charge in [-0.1, -0.05) is 50.4 Å². The molecule has 1 N–H and O–H groups in total. The molecule has 23 heavy (non-hydrogen) atoms. The predicted molar refractivity (Wildman–Crippen MR) is 91.0 cm³/mol. The zero-order chi connectivity index (χ0) is 16.7.